The molecule has 2 unspecified atom stereocenters. The van der Waals surface area contributed by atoms with E-state index >= 15 is 0 Å². The lowest BCUT2D eigenvalue weighted by Gasteiger charge is -2.31. The summed E-state index contributed by atoms with van der Waals surface area (Å²) in [6.07, 6.45) is 4.60. The van der Waals surface area contributed by atoms with Gasteiger partial charge in [0.2, 0.25) is 0 Å². The molecule has 2 atom stereocenters. The van der Waals surface area contributed by atoms with Gasteiger partial charge in [-0.1, -0.05) is 36.8 Å². The summed E-state index contributed by atoms with van der Waals surface area (Å²) >= 11 is 6.61. The van der Waals surface area contributed by atoms with Crippen molar-refractivity contribution in [1.29, 1.82) is 5.41 Å². The van der Waals surface area contributed by atoms with Crippen LogP contribution in [0.1, 0.15) is 66.9 Å². The summed E-state index contributed by atoms with van der Waals surface area (Å²) in [4.78, 5) is 22.5. The first kappa shape index (κ1) is 29.7. The van der Waals surface area contributed by atoms with Gasteiger partial charge in [0.25, 0.3) is 0 Å². The Balaban J connectivity index is 0.000000427. The Morgan fingerprint density at radius 2 is 2.08 bits per heavy atom. The van der Waals surface area contributed by atoms with Gasteiger partial charge < -0.3 is 15.6 Å². The second-order valence-corrected chi connectivity index (χ2v) is 11.2. The summed E-state index contributed by atoms with van der Waals surface area (Å²) in [5.41, 5.74) is 5.04. The summed E-state index contributed by atoms with van der Waals surface area (Å²) in [5, 5.41) is 11.8. The lowest BCUT2D eigenvalue weighted by molar-refractivity contribution is -0.0925. The Bertz CT molecular complexity index is 1300. The molecule has 38 heavy (non-hydrogen) atoms. The largest absolute Gasteiger partial charge is 0.430 e. The molecule has 206 valence electrons. The standard InChI is InChI=1S/C21H29F3N6.C4H2ClNOS/c1-12(2)7-20-29-17-11-28-16(15(25)9-19(26)21(22,23)24)10-18(17)30(20)14-6-4-5-13(8-14)27-3;5-3-1-6-4(2-7)8-3/h9-14,25,27H,4-8,26H2,1-3H3;1-2H/b19-9-,25-15?;. The molecule has 3 aromatic heterocycles. The van der Waals surface area contributed by atoms with Crippen molar-refractivity contribution in [3.05, 3.63) is 51.1 Å². The number of nitrogens with one attached hydrogen (secondary N) is 2. The van der Waals surface area contributed by atoms with E-state index in [0.29, 0.717) is 39.2 Å². The number of halogens is 4. The maximum absolute atomic E-state index is 12.7. The quantitative estimate of drug-likeness (QED) is 0.247. The van der Waals surface area contributed by atoms with Crippen LogP contribution in [-0.2, 0) is 6.42 Å². The number of nitrogens with two attached hydrogens (primary N) is 1. The molecule has 4 N–H and O–H groups in total. The molecule has 0 aromatic carbocycles. The molecule has 0 spiro atoms. The van der Waals surface area contributed by atoms with Crippen molar-refractivity contribution in [1.82, 2.24) is 24.8 Å². The van der Waals surface area contributed by atoms with Gasteiger partial charge in [-0.3, -0.25) is 15.2 Å². The maximum Gasteiger partial charge on any atom is 0.430 e. The van der Waals surface area contributed by atoms with E-state index in [9.17, 15) is 18.0 Å². The fraction of sp³-hybridized carbons (Fsp3) is 0.480. The molecular formula is C25H31ClF3N7OS. The smallest absolute Gasteiger partial charge is 0.395 e. The minimum absolute atomic E-state index is 0.146. The van der Waals surface area contributed by atoms with E-state index in [0.717, 1.165) is 43.4 Å². The predicted octanol–water partition coefficient (Wildman–Crippen LogP) is 5.71. The molecule has 1 fully saturated rings. The third-order valence-corrected chi connectivity index (χ3v) is 7.20. The van der Waals surface area contributed by atoms with Crippen LogP contribution in [0.15, 0.2) is 30.2 Å². The first-order valence-corrected chi connectivity index (χ1v) is 13.4. The summed E-state index contributed by atoms with van der Waals surface area (Å²) in [6, 6.07) is 2.33. The van der Waals surface area contributed by atoms with E-state index in [1.165, 1.54) is 23.7 Å². The highest BCUT2D eigenvalue weighted by molar-refractivity contribution is 7.17. The molecule has 0 saturated heterocycles. The summed E-state index contributed by atoms with van der Waals surface area (Å²) in [7, 11) is 1.97. The molecule has 0 aliphatic heterocycles. The molecule has 8 nitrogen and oxygen atoms in total. The highest BCUT2D eigenvalue weighted by Crippen LogP contribution is 2.33. The number of hydrogen-bond donors (Lipinski definition) is 3. The topological polar surface area (TPSA) is 123 Å². The average molecular weight is 570 g/mol. The molecule has 3 heterocycles. The van der Waals surface area contributed by atoms with Crippen LogP contribution in [-0.4, -0.2) is 50.8 Å². The molecule has 0 amide bonds. The zero-order chi connectivity index (χ0) is 28.0. The molecule has 3 aromatic rings. The SMILES string of the molecule is CNC1CCCC(n2c(CC(C)C)nc3cnc(C(=N)/C=C(\N)C(F)(F)F)cc32)C1.O=Cc1ncc(Cl)s1. The zero-order valence-electron chi connectivity index (χ0n) is 21.3. The van der Waals surface area contributed by atoms with Crippen LogP contribution in [0.3, 0.4) is 0 Å². The molecule has 1 aliphatic rings. The van der Waals surface area contributed by atoms with Crippen molar-refractivity contribution in [3.63, 3.8) is 0 Å². The van der Waals surface area contributed by atoms with Gasteiger partial charge in [-0.15, -0.1) is 0 Å². The van der Waals surface area contributed by atoms with E-state index in [4.69, 9.17) is 27.7 Å². The van der Waals surface area contributed by atoms with Gasteiger partial charge in [0.1, 0.15) is 21.4 Å². The summed E-state index contributed by atoms with van der Waals surface area (Å²) in [6.45, 7) is 4.26. The first-order chi connectivity index (χ1) is 17.9. The number of nitrogens with zero attached hydrogens (tertiary/aromatic N) is 4. The highest BCUT2D eigenvalue weighted by Gasteiger charge is 2.32. The van der Waals surface area contributed by atoms with Gasteiger partial charge in [0, 0.05) is 18.5 Å². The molecule has 0 bridgehead atoms. The molecule has 1 saturated carbocycles. The van der Waals surface area contributed by atoms with Gasteiger partial charge in [0.05, 0.1) is 29.3 Å². The van der Waals surface area contributed by atoms with Gasteiger partial charge in [-0.05, 0) is 50.8 Å². The first-order valence-electron chi connectivity index (χ1n) is 12.2. The highest BCUT2D eigenvalue weighted by atomic mass is 35.5. The Kier molecular flexibility index (Phi) is 10.0. The van der Waals surface area contributed by atoms with Gasteiger partial charge in [-0.25, -0.2) is 9.97 Å². The maximum atomic E-state index is 12.7. The molecule has 4 rings (SSSR count). The van der Waals surface area contributed by atoms with E-state index < -0.39 is 11.9 Å². The number of aldehydes is 1. The number of carbonyl (C=O) groups excluding carboxylic acids is 1. The van der Waals surface area contributed by atoms with E-state index in [-0.39, 0.29) is 17.4 Å². The number of thiazole rings is 1. The van der Waals surface area contributed by atoms with Crippen molar-refractivity contribution in [2.45, 2.75) is 64.2 Å². The van der Waals surface area contributed by atoms with Crippen LogP contribution in [0.2, 0.25) is 4.34 Å². The second-order valence-electron chi connectivity index (χ2n) is 9.49. The molecule has 0 radical (unpaired) electrons. The van der Waals surface area contributed by atoms with Gasteiger partial charge in [0.15, 0.2) is 11.3 Å². The van der Waals surface area contributed by atoms with Crippen LogP contribution in [0, 0.1) is 11.3 Å². The summed E-state index contributed by atoms with van der Waals surface area (Å²) < 4.78 is 41.0. The monoisotopic (exact) mass is 569 g/mol. The van der Waals surface area contributed by atoms with Crippen molar-refractivity contribution in [3.8, 4) is 0 Å². The molecule has 1 aliphatic carbocycles. The predicted molar refractivity (Wildman–Crippen MR) is 144 cm³/mol. The average Bonchev–Trinajstić information content (AvgIpc) is 3.45. The van der Waals surface area contributed by atoms with E-state index in [2.05, 4.69) is 33.7 Å². The fourth-order valence-electron chi connectivity index (χ4n) is 4.41. The summed E-state index contributed by atoms with van der Waals surface area (Å²) in [5.74, 6) is 1.36. The number of pyridine rings is 1. The Hall–Kier alpha value is -2.83. The van der Waals surface area contributed by atoms with E-state index in [1.807, 2.05) is 7.05 Å². The number of carbonyl (C=O) groups is 1. The van der Waals surface area contributed by atoms with Crippen LogP contribution in [0.25, 0.3) is 11.0 Å². The Labute approximate surface area is 228 Å². The van der Waals surface area contributed by atoms with Crippen LogP contribution >= 0.6 is 22.9 Å². The number of allylic oxidation sites excluding steroid dienone is 2. The second kappa shape index (κ2) is 12.8. The number of hydrogen-bond acceptors (Lipinski definition) is 8. The molecular weight excluding hydrogens is 539 g/mol. The normalized spacial score (nSPS) is 18.4. The number of imidazole rings is 1. The zero-order valence-corrected chi connectivity index (χ0v) is 22.9. The number of aromatic nitrogens is 4. The minimum atomic E-state index is -4.67. The lowest BCUT2D eigenvalue weighted by Crippen LogP contribution is -2.33. The lowest BCUT2D eigenvalue weighted by atomic mass is 9.90. The van der Waals surface area contributed by atoms with Crippen LogP contribution in [0.4, 0.5) is 13.2 Å². The number of fused-ring (bicyclic) bond motifs is 1. The number of alkyl halides is 3. The van der Waals surface area contributed by atoms with Crippen LogP contribution in [0.5, 0.6) is 0 Å². The third-order valence-electron chi connectivity index (χ3n) is 6.16. The van der Waals surface area contributed by atoms with Crippen molar-refractivity contribution in [2.75, 3.05) is 7.05 Å². The molecule has 13 heteroatoms. The van der Waals surface area contributed by atoms with Crippen LogP contribution < -0.4 is 11.1 Å². The Morgan fingerprint density at radius 1 is 1.34 bits per heavy atom. The third kappa shape index (κ3) is 7.61. The minimum Gasteiger partial charge on any atom is -0.395 e. The van der Waals surface area contributed by atoms with Crippen molar-refractivity contribution in [2.24, 2.45) is 11.7 Å². The number of rotatable bonds is 7. The van der Waals surface area contributed by atoms with Crippen molar-refractivity contribution >= 4 is 46.0 Å². The van der Waals surface area contributed by atoms with E-state index in [1.54, 1.807) is 6.07 Å². The van der Waals surface area contributed by atoms with Gasteiger partial charge >= 0.3 is 6.18 Å². The Morgan fingerprint density at radius 3 is 2.63 bits per heavy atom. The van der Waals surface area contributed by atoms with Gasteiger partial charge in [-0.2, -0.15) is 13.2 Å². The fourth-order valence-corrected chi connectivity index (χ4v) is 5.15. The van der Waals surface area contributed by atoms with Crippen molar-refractivity contribution < 1.29 is 18.0 Å².